The molecule has 1 fully saturated rings. The van der Waals surface area contributed by atoms with Crippen LogP contribution in [0.4, 0.5) is 24.5 Å². The molecule has 0 unspecified atom stereocenters. The number of alkyl halides is 3. The van der Waals surface area contributed by atoms with Crippen LogP contribution in [0.1, 0.15) is 22.3 Å². The largest absolute Gasteiger partial charge is 0.416 e. The van der Waals surface area contributed by atoms with Crippen LogP contribution in [0.2, 0.25) is 0 Å². The third-order valence-electron chi connectivity index (χ3n) is 5.95. The van der Waals surface area contributed by atoms with Gasteiger partial charge in [0.2, 0.25) is 10.8 Å². The predicted octanol–water partition coefficient (Wildman–Crippen LogP) is 5.49. The summed E-state index contributed by atoms with van der Waals surface area (Å²) in [6.45, 7) is 1.91. The maximum atomic E-state index is 14.0. The summed E-state index contributed by atoms with van der Waals surface area (Å²) in [6.07, 6.45) is -4.47. The molecular formula is C25H19F3N2O2S. The Morgan fingerprint density at radius 2 is 1.70 bits per heavy atom. The number of thioether (sulfide) groups is 1. The maximum absolute atomic E-state index is 14.0. The Labute approximate surface area is 193 Å². The molecule has 0 radical (unpaired) electrons. The first kappa shape index (κ1) is 21.6. The van der Waals surface area contributed by atoms with Gasteiger partial charge in [-0.2, -0.15) is 13.2 Å². The lowest BCUT2D eigenvalue weighted by atomic mass is 10.0. The molecular weight excluding hydrogens is 449 g/mol. The summed E-state index contributed by atoms with van der Waals surface area (Å²) in [7, 11) is 0. The monoisotopic (exact) mass is 468 g/mol. The number of carbonyl (C=O) groups excluding carboxylic acids is 2. The molecule has 4 nitrogen and oxygen atoms in total. The van der Waals surface area contributed by atoms with Crippen LogP contribution in [0.25, 0.3) is 0 Å². The number of fused-ring (bicyclic) bond motifs is 2. The number of rotatable bonds is 3. The normalized spacial score (nSPS) is 20.1. The minimum Gasteiger partial charge on any atom is -0.304 e. The molecule has 0 bridgehead atoms. The highest BCUT2D eigenvalue weighted by Gasteiger charge is 2.60. The van der Waals surface area contributed by atoms with Crippen LogP contribution < -0.4 is 9.80 Å². The molecule has 2 aliphatic heterocycles. The van der Waals surface area contributed by atoms with E-state index in [1.165, 1.54) is 27.6 Å². The summed E-state index contributed by atoms with van der Waals surface area (Å²) in [5.41, 5.74) is 2.50. The van der Waals surface area contributed by atoms with Gasteiger partial charge in [0, 0.05) is 11.3 Å². The Morgan fingerprint density at radius 1 is 0.970 bits per heavy atom. The summed E-state index contributed by atoms with van der Waals surface area (Å²) < 4.78 is 39.7. The molecule has 2 heterocycles. The molecule has 1 saturated heterocycles. The number of para-hydroxylation sites is 1. The Hall–Kier alpha value is -3.26. The number of hydrogen-bond acceptors (Lipinski definition) is 3. The van der Waals surface area contributed by atoms with Gasteiger partial charge >= 0.3 is 6.18 Å². The number of halogens is 3. The van der Waals surface area contributed by atoms with E-state index in [9.17, 15) is 22.8 Å². The van der Waals surface area contributed by atoms with Crippen LogP contribution in [0.15, 0.2) is 72.8 Å². The molecule has 1 atom stereocenters. The van der Waals surface area contributed by atoms with E-state index in [-0.39, 0.29) is 24.1 Å². The van der Waals surface area contributed by atoms with Gasteiger partial charge in [-0.25, -0.2) is 0 Å². The van der Waals surface area contributed by atoms with Crippen LogP contribution >= 0.6 is 11.8 Å². The van der Waals surface area contributed by atoms with E-state index < -0.39 is 16.6 Å². The minimum absolute atomic E-state index is 0.0298. The second-order valence-electron chi connectivity index (χ2n) is 8.10. The topological polar surface area (TPSA) is 40.6 Å². The highest BCUT2D eigenvalue weighted by molar-refractivity contribution is 8.02. The van der Waals surface area contributed by atoms with E-state index in [0.29, 0.717) is 22.5 Å². The average molecular weight is 469 g/mol. The zero-order chi connectivity index (χ0) is 23.4. The zero-order valence-corrected chi connectivity index (χ0v) is 18.4. The van der Waals surface area contributed by atoms with Gasteiger partial charge in [-0.1, -0.05) is 48.0 Å². The minimum atomic E-state index is -4.47. The number of hydrogen-bond donors (Lipinski definition) is 0. The molecule has 0 aliphatic carbocycles. The van der Waals surface area contributed by atoms with Gasteiger partial charge in [-0.05, 0) is 42.8 Å². The van der Waals surface area contributed by atoms with Gasteiger partial charge in [0.1, 0.15) is 0 Å². The van der Waals surface area contributed by atoms with Gasteiger partial charge in [0.25, 0.3) is 5.91 Å². The number of carbonyl (C=O) groups is 2. The van der Waals surface area contributed by atoms with E-state index in [4.69, 9.17) is 0 Å². The van der Waals surface area contributed by atoms with Crippen molar-refractivity contribution in [3.05, 3.63) is 95.1 Å². The van der Waals surface area contributed by atoms with E-state index in [2.05, 4.69) is 0 Å². The summed E-state index contributed by atoms with van der Waals surface area (Å²) in [6, 6.07) is 19.5. The summed E-state index contributed by atoms with van der Waals surface area (Å²) in [4.78, 5) is 28.7. The second kappa shape index (κ2) is 7.66. The fourth-order valence-corrected chi connectivity index (χ4v) is 5.79. The average Bonchev–Trinajstić information content (AvgIpc) is 3.25. The third-order valence-corrected chi connectivity index (χ3v) is 7.34. The zero-order valence-electron chi connectivity index (χ0n) is 17.6. The van der Waals surface area contributed by atoms with Crippen molar-refractivity contribution in [3.63, 3.8) is 0 Å². The lowest BCUT2D eigenvalue weighted by Crippen LogP contribution is -2.49. The van der Waals surface area contributed by atoms with Gasteiger partial charge < -0.3 is 4.90 Å². The highest BCUT2D eigenvalue weighted by atomic mass is 32.2. The molecule has 0 N–H and O–H groups in total. The van der Waals surface area contributed by atoms with Crippen LogP contribution in [0.5, 0.6) is 0 Å². The number of nitrogens with zero attached hydrogens (tertiary/aromatic N) is 2. The molecule has 168 valence electrons. The van der Waals surface area contributed by atoms with Crippen molar-refractivity contribution in [3.8, 4) is 0 Å². The maximum Gasteiger partial charge on any atom is 0.416 e. The molecule has 5 rings (SSSR count). The van der Waals surface area contributed by atoms with Crippen LogP contribution in [-0.2, 0) is 27.2 Å². The fourth-order valence-electron chi connectivity index (χ4n) is 4.43. The second-order valence-corrected chi connectivity index (χ2v) is 9.27. The van der Waals surface area contributed by atoms with Crippen molar-refractivity contribution in [2.24, 2.45) is 0 Å². The number of amides is 2. The van der Waals surface area contributed by atoms with E-state index >= 15 is 0 Å². The highest BCUT2D eigenvalue weighted by Crippen LogP contribution is 2.56. The van der Waals surface area contributed by atoms with Crippen LogP contribution in [0.3, 0.4) is 0 Å². The Balaban J connectivity index is 1.60. The van der Waals surface area contributed by atoms with Gasteiger partial charge in [-0.3, -0.25) is 14.5 Å². The molecule has 2 amide bonds. The van der Waals surface area contributed by atoms with Crippen molar-refractivity contribution in [1.29, 1.82) is 0 Å². The van der Waals surface area contributed by atoms with Crippen molar-refractivity contribution < 1.29 is 22.8 Å². The molecule has 3 aromatic carbocycles. The Bertz CT molecular complexity index is 1260. The smallest absolute Gasteiger partial charge is 0.304 e. The fraction of sp³-hybridized carbons (Fsp3) is 0.200. The third kappa shape index (κ3) is 3.40. The SMILES string of the molecule is Cc1ccc(N2C(=O)CS[C@]23C(=O)N(Cc2cccc(C(F)(F)F)c2)c2ccccc23)cc1. The van der Waals surface area contributed by atoms with Gasteiger partial charge in [0.05, 0.1) is 23.5 Å². The standard InChI is InChI=1S/C25H19F3N2O2S/c1-16-9-11-19(12-10-16)30-22(31)15-33-24(30)20-7-2-3-8-21(20)29(23(24)32)14-17-5-4-6-18(13-17)25(26,27)28/h2-13H,14-15H2,1H3/t24-/m1/s1. The summed E-state index contributed by atoms with van der Waals surface area (Å²) in [5, 5.41) is 0. The van der Waals surface area contributed by atoms with Crippen LogP contribution in [-0.4, -0.2) is 17.6 Å². The quantitative estimate of drug-likeness (QED) is 0.510. The number of anilines is 2. The van der Waals surface area contributed by atoms with Crippen molar-refractivity contribution in [2.75, 3.05) is 15.6 Å². The van der Waals surface area contributed by atoms with Gasteiger partial charge in [-0.15, -0.1) is 11.8 Å². The first-order valence-electron chi connectivity index (χ1n) is 10.3. The van der Waals surface area contributed by atoms with Crippen molar-refractivity contribution in [1.82, 2.24) is 0 Å². The Kier molecular flexibility index (Phi) is 5.01. The van der Waals surface area contributed by atoms with Gasteiger partial charge in [0.15, 0.2) is 0 Å². The van der Waals surface area contributed by atoms with Crippen molar-refractivity contribution >= 4 is 35.0 Å². The molecule has 2 aliphatic rings. The Morgan fingerprint density at radius 3 is 2.42 bits per heavy atom. The lowest BCUT2D eigenvalue weighted by Gasteiger charge is -2.33. The summed E-state index contributed by atoms with van der Waals surface area (Å²) in [5.74, 6) is -0.392. The van der Waals surface area contributed by atoms with Crippen LogP contribution in [0, 0.1) is 6.92 Å². The van der Waals surface area contributed by atoms with E-state index in [1.54, 1.807) is 24.3 Å². The molecule has 8 heteroatoms. The molecule has 0 saturated carbocycles. The van der Waals surface area contributed by atoms with Crippen molar-refractivity contribution in [2.45, 2.75) is 24.5 Å². The first-order chi connectivity index (χ1) is 15.7. The van der Waals surface area contributed by atoms with E-state index in [1.807, 2.05) is 37.3 Å². The lowest BCUT2D eigenvalue weighted by molar-refractivity contribution is -0.137. The molecule has 3 aromatic rings. The van der Waals surface area contributed by atoms with E-state index in [0.717, 1.165) is 17.7 Å². The first-order valence-corrected chi connectivity index (χ1v) is 11.3. The number of benzene rings is 3. The molecule has 0 aromatic heterocycles. The molecule has 1 spiro atoms. The molecule has 33 heavy (non-hydrogen) atoms. The predicted molar refractivity (Wildman–Crippen MR) is 122 cm³/mol. The summed E-state index contributed by atoms with van der Waals surface area (Å²) >= 11 is 1.25. The number of aryl methyl sites for hydroxylation is 1.